The van der Waals surface area contributed by atoms with Gasteiger partial charge in [0.15, 0.2) is 0 Å². The number of halogens is 1. The topological polar surface area (TPSA) is 28.4 Å². The molecule has 0 aliphatic heterocycles. The van der Waals surface area contributed by atoms with Crippen LogP contribution >= 0.6 is 0 Å². The van der Waals surface area contributed by atoms with Crippen molar-refractivity contribution in [3.63, 3.8) is 0 Å². The molecule has 0 saturated carbocycles. The van der Waals surface area contributed by atoms with Crippen LogP contribution in [0.15, 0.2) is 41.0 Å². The van der Waals surface area contributed by atoms with Crippen LogP contribution < -0.4 is 10.2 Å². The van der Waals surface area contributed by atoms with Crippen LogP contribution in [0, 0.1) is 5.82 Å². The van der Waals surface area contributed by atoms with Gasteiger partial charge < -0.3 is 14.6 Å². The highest BCUT2D eigenvalue weighted by atomic mass is 19.1. The van der Waals surface area contributed by atoms with E-state index in [0.717, 1.165) is 37.4 Å². The van der Waals surface area contributed by atoms with Gasteiger partial charge in [-0.05, 0) is 38.1 Å². The van der Waals surface area contributed by atoms with E-state index in [1.807, 2.05) is 24.0 Å². The smallest absolute Gasteiger partial charge is 0.146 e. The van der Waals surface area contributed by atoms with E-state index in [9.17, 15) is 4.39 Å². The lowest BCUT2D eigenvalue weighted by Crippen LogP contribution is -2.24. The third-order valence-corrected chi connectivity index (χ3v) is 3.49. The largest absolute Gasteiger partial charge is 0.467 e. The van der Waals surface area contributed by atoms with Gasteiger partial charge in [-0.25, -0.2) is 4.39 Å². The summed E-state index contributed by atoms with van der Waals surface area (Å²) in [5.41, 5.74) is 1.75. The lowest BCUT2D eigenvalue weighted by molar-refractivity contribution is 0.493. The van der Waals surface area contributed by atoms with Gasteiger partial charge in [-0.3, -0.25) is 0 Å². The fourth-order valence-corrected chi connectivity index (χ4v) is 2.31. The summed E-state index contributed by atoms with van der Waals surface area (Å²) in [5, 5.41) is 3.37. The molecule has 0 amide bonds. The van der Waals surface area contributed by atoms with Gasteiger partial charge in [0.05, 0.1) is 18.5 Å². The van der Waals surface area contributed by atoms with Crippen LogP contribution in [0.5, 0.6) is 0 Å². The number of anilines is 1. The summed E-state index contributed by atoms with van der Waals surface area (Å²) >= 11 is 0. The number of hydrogen-bond donors (Lipinski definition) is 1. The number of nitrogens with one attached hydrogen (secondary N) is 1. The Kier molecular flexibility index (Phi) is 5.81. The molecule has 1 N–H and O–H groups in total. The van der Waals surface area contributed by atoms with Crippen molar-refractivity contribution < 1.29 is 8.81 Å². The van der Waals surface area contributed by atoms with E-state index >= 15 is 0 Å². The van der Waals surface area contributed by atoms with Crippen LogP contribution in [0.4, 0.5) is 10.1 Å². The summed E-state index contributed by atoms with van der Waals surface area (Å²) in [6, 6.07) is 8.83. The molecule has 0 spiro atoms. The molecule has 0 radical (unpaired) electrons. The molecular formula is C17H23FN2O. The average Bonchev–Trinajstić information content (AvgIpc) is 2.93. The fraction of sp³-hybridized carbons (Fsp3) is 0.412. The lowest BCUT2D eigenvalue weighted by Gasteiger charge is -2.23. The first-order chi connectivity index (χ1) is 10.3. The third kappa shape index (κ3) is 4.08. The summed E-state index contributed by atoms with van der Waals surface area (Å²) in [4.78, 5) is 1.98. The van der Waals surface area contributed by atoms with Crippen molar-refractivity contribution in [3.8, 4) is 0 Å². The molecule has 0 atom stereocenters. The Labute approximate surface area is 125 Å². The molecule has 0 fully saturated rings. The van der Waals surface area contributed by atoms with Gasteiger partial charge in [-0.2, -0.15) is 0 Å². The van der Waals surface area contributed by atoms with Crippen molar-refractivity contribution in [1.82, 2.24) is 5.32 Å². The predicted octanol–water partition coefficient (Wildman–Crippen LogP) is 3.94. The van der Waals surface area contributed by atoms with Crippen LogP contribution in [0.1, 0.15) is 31.6 Å². The maximum absolute atomic E-state index is 13.9. The van der Waals surface area contributed by atoms with Crippen LogP contribution in [-0.2, 0) is 13.1 Å². The van der Waals surface area contributed by atoms with Crippen LogP contribution in [-0.4, -0.2) is 13.1 Å². The van der Waals surface area contributed by atoms with Crippen molar-refractivity contribution in [3.05, 3.63) is 53.7 Å². The first-order valence-corrected chi connectivity index (χ1v) is 7.51. The van der Waals surface area contributed by atoms with Crippen LogP contribution in [0.25, 0.3) is 0 Å². The highest BCUT2D eigenvalue weighted by Gasteiger charge is 2.14. The first-order valence-electron chi connectivity index (χ1n) is 7.51. The van der Waals surface area contributed by atoms with Crippen molar-refractivity contribution in [2.45, 2.75) is 33.4 Å². The van der Waals surface area contributed by atoms with E-state index in [1.165, 1.54) is 6.07 Å². The summed E-state index contributed by atoms with van der Waals surface area (Å²) in [5.74, 6) is 0.695. The van der Waals surface area contributed by atoms with Gasteiger partial charge in [0.1, 0.15) is 11.6 Å². The number of hydrogen-bond acceptors (Lipinski definition) is 3. The molecule has 114 valence electrons. The molecule has 0 bridgehead atoms. The fourth-order valence-electron chi connectivity index (χ4n) is 2.31. The average molecular weight is 290 g/mol. The maximum Gasteiger partial charge on any atom is 0.146 e. The molecule has 1 heterocycles. The molecule has 2 aromatic rings. The third-order valence-electron chi connectivity index (χ3n) is 3.49. The molecule has 1 aromatic carbocycles. The van der Waals surface area contributed by atoms with Crippen molar-refractivity contribution in [1.29, 1.82) is 0 Å². The number of rotatable bonds is 8. The second kappa shape index (κ2) is 7.84. The Balaban J connectivity index is 2.09. The molecule has 21 heavy (non-hydrogen) atoms. The quantitative estimate of drug-likeness (QED) is 0.746. The van der Waals surface area contributed by atoms with Gasteiger partial charge >= 0.3 is 0 Å². The predicted molar refractivity (Wildman–Crippen MR) is 83.8 cm³/mol. The molecule has 0 unspecified atom stereocenters. The zero-order chi connectivity index (χ0) is 15.1. The van der Waals surface area contributed by atoms with Gasteiger partial charge in [0.25, 0.3) is 0 Å². The normalized spacial score (nSPS) is 10.8. The van der Waals surface area contributed by atoms with E-state index in [4.69, 9.17) is 4.42 Å². The zero-order valence-electron chi connectivity index (χ0n) is 12.7. The highest BCUT2D eigenvalue weighted by Crippen LogP contribution is 2.22. The Hall–Kier alpha value is -1.81. The maximum atomic E-state index is 13.9. The van der Waals surface area contributed by atoms with E-state index in [0.29, 0.717) is 12.2 Å². The Morgan fingerprint density at radius 2 is 2.00 bits per heavy atom. The van der Waals surface area contributed by atoms with Crippen molar-refractivity contribution in [2.24, 2.45) is 0 Å². The van der Waals surface area contributed by atoms with Gasteiger partial charge in [0, 0.05) is 18.7 Å². The van der Waals surface area contributed by atoms with E-state index in [-0.39, 0.29) is 5.82 Å². The van der Waals surface area contributed by atoms with E-state index in [2.05, 4.69) is 12.2 Å². The SMILES string of the molecule is CCCNCc1ccoc1CN(CC)c1ccccc1F. The van der Waals surface area contributed by atoms with Crippen molar-refractivity contribution in [2.75, 3.05) is 18.0 Å². The number of para-hydroxylation sites is 1. The van der Waals surface area contributed by atoms with Gasteiger partial charge in [-0.15, -0.1) is 0 Å². The molecule has 0 saturated heterocycles. The van der Waals surface area contributed by atoms with E-state index < -0.39 is 0 Å². The zero-order valence-corrected chi connectivity index (χ0v) is 12.7. The molecule has 0 aliphatic carbocycles. The minimum Gasteiger partial charge on any atom is -0.467 e. The summed E-state index contributed by atoms with van der Waals surface area (Å²) in [6.07, 6.45) is 2.80. The van der Waals surface area contributed by atoms with Gasteiger partial charge in [-0.1, -0.05) is 19.1 Å². The molecule has 4 heteroatoms. The lowest BCUT2D eigenvalue weighted by atomic mass is 10.2. The van der Waals surface area contributed by atoms with Crippen LogP contribution in [0.2, 0.25) is 0 Å². The molecule has 3 nitrogen and oxygen atoms in total. The summed E-state index contributed by atoms with van der Waals surface area (Å²) < 4.78 is 19.5. The number of nitrogens with zero attached hydrogens (tertiary/aromatic N) is 1. The summed E-state index contributed by atoms with van der Waals surface area (Å²) in [6.45, 7) is 7.23. The molecule has 2 rings (SSSR count). The standard InChI is InChI=1S/C17H23FN2O/c1-3-10-19-12-14-9-11-21-17(14)13-20(4-2)16-8-6-5-7-15(16)18/h5-9,11,19H,3-4,10,12-13H2,1-2H3. The first kappa shape index (κ1) is 15.6. The van der Waals surface area contributed by atoms with Crippen molar-refractivity contribution >= 4 is 5.69 Å². The Bertz CT molecular complexity index is 553. The molecule has 0 aliphatic rings. The second-order valence-corrected chi connectivity index (χ2v) is 5.01. The highest BCUT2D eigenvalue weighted by molar-refractivity contribution is 5.47. The van der Waals surface area contributed by atoms with E-state index in [1.54, 1.807) is 18.4 Å². The second-order valence-electron chi connectivity index (χ2n) is 5.01. The summed E-state index contributed by atoms with van der Waals surface area (Å²) in [7, 11) is 0. The van der Waals surface area contributed by atoms with Gasteiger partial charge in [0.2, 0.25) is 0 Å². The van der Waals surface area contributed by atoms with Crippen LogP contribution in [0.3, 0.4) is 0 Å². The number of furan rings is 1. The molecule has 1 aromatic heterocycles. The minimum absolute atomic E-state index is 0.198. The number of benzene rings is 1. The molecular weight excluding hydrogens is 267 g/mol. The minimum atomic E-state index is -0.198. The monoisotopic (exact) mass is 290 g/mol. The Morgan fingerprint density at radius 3 is 2.71 bits per heavy atom. The Morgan fingerprint density at radius 1 is 1.19 bits per heavy atom.